The average molecular weight is 161 g/mol. The number of rotatable bonds is 6. The summed E-state index contributed by atoms with van der Waals surface area (Å²) in [6.07, 6.45) is 0.818. The second-order valence-corrected chi connectivity index (χ2v) is 2.00. The second kappa shape index (κ2) is 5.82. The van der Waals surface area contributed by atoms with Gasteiger partial charge in [-0.1, -0.05) is 0 Å². The Hall–Kier alpha value is -0.940. The Morgan fingerprint density at radius 2 is 2.45 bits per heavy atom. The zero-order valence-corrected chi connectivity index (χ0v) is 6.24. The fourth-order valence-corrected chi connectivity index (χ4v) is 0.585. The van der Waals surface area contributed by atoms with Crippen LogP contribution in [0.1, 0.15) is 12.8 Å². The monoisotopic (exact) mass is 161 g/mol. The lowest BCUT2D eigenvalue weighted by atomic mass is 10.2. The molecule has 0 radical (unpaired) electrons. The van der Waals surface area contributed by atoms with Gasteiger partial charge in [0.15, 0.2) is 0 Å². The Labute approximate surface area is 64.3 Å². The molecule has 0 heterocycles. The number of carboxylic acids is 1. The van der Waals surface area contributed by atoms with E-state index >= 15 is 0 Å². The lowest BCUT2D eigenvalue weighted by Gasteiger charge is -2.07. The maximum absolute atomic E-state index is 10.2. The molecule has 0 unspecified atom stereocenters. The van der Waals surface area contributed by atoms with Gasteiger partial charge in [0.25, 0.3) is 0 Å². The van der Waals surface area contributed by atoms with Gasteiger partial charge in [0.05, 0.1) is 13.2 Å². The zero-order chi connectivity index (χ0) is 8.69. The molecule has 0 aromatic heterocycles. The molecule has 0 fully saturated rings. The zero-order valence-electron chi connectivity index (χ0n) is 6.24. The molecule has 0 saturated heterocycles. The maximum Gasteiger partial charge on any atom is 0.303 e. The molecule has 0 aliphatic heterocycles. The van der Waals surface area contributed by atoms with Crippen LogP contribution in [0.15, 0.2) is 0 Å². The lowest BCUT2D eigenvalue weighted by molar-refractivity contribution is -0.137. The predicted octanol–water partition coefficient (Wildman–Crippen LogP) is -0.430. The number of carbonyl (C=O) groups is 2. The Balaban J connectivity index is 3.51. The largest absolute Gasteiger partial charge is 0.481 e. The van der Waals surface area contributed by atoms with E-state index in [-0.39, 0.29) is 12.8 Å². The molecule has 5 heteroatoms. The van der Waals surface area contributed by atoms with Crippen LogP contribution < -0.4 is 5.48 Å². The van der Waals surface area contributed by atoms with Gasteiger partial charge in [-0.2, -0.15) is 5.48 Å². The first-order valence-corrected chi connectivity index (χ1v) is 3.16. The minimum absolute atomic E-state index is 0.0419. The summed E-state index contributed by atoms with van der Waals surface area (Å²) in [6, 6.07) is -0.531. The van der Waals surface area contributed by atoms with Crippen LogP contribution in [0.2, 0.25) is 0 Å². The van der Waals surface area contributed by atoms with Crippen LogP contribution in [0.3, 0.4) is 0 Å². The first kappa shape index (κ1) is 10.1. The van der Waals surface area contributed by atoms with E-state index < -0.39 is 12.0 Å². The van der Waals surface area contributed by atoms with E-state index in [9.17, 15) is 9.59 Å². The number of nitrogens with one attached hydrogen (secondary N) is 1. The van der Waals surface area contributed by atoms with Gasteiger partial charge in [-0.15, -0.1) is 0 Å². The number of carbonyl (C=O) groups excluding carboxylic acids is 1. The lowest BCUT2D eigenvalue weighted by Crippen LogP contribution is -2.29. The summed E-state index contributed by atoms with van der Waals surface area (Å²) >= 11 is 0. The summed E-state index contributed by atoms with van der Waals surface area (Å²) in [7, 11) is 1.37. The minimum atomic E-state index is -0.922. The van der Waals surface area contributed by atoms with Crippen molar-refractivity contribution in [1.82, 2.24) is 5.48 Å². The molecular formula is C6H11NO4. The maximum atomic E-state index is 10.2. The molecule has 0 saturated carbocycles. The van der Waals surface area contributed by atoms with Crippen molar-refractivity contribution in [2.24, 2.45) is 0 Å². The molecule has 2 N–H and O–H groups in total. The van der Waals surface area contributed by atoms with Crippen molar-refractivity contribution < 1.29 is 19.5 Å². The number of hydrogen-bond donors (Lipinski definition) is 2. The Morgan fingerprint density at radius 1 is 1.82 bits per heavy atom. The molecule has 0 amide bonds. The predicted molar refractivity (Wildman–Crippen MR) is 36.9 cm³/mol. The van der Waals surface area contributed by atoms with Crippen LogP contribution in [0, 0.1) is 0 Å². The second-order valence-electron chi connectivity index (χ2n) is 2.00. The van der Waals surface area contributed by atoms with Crippen molar-refractivity contribution in [3.05, 3.63) is 0 Å². The third kappa shape index (κ3) is 5.50. The van der Waals surface area contributed by atoms with Crippen molar-refractivity contribution in [3.8, 4) is 0 Å². The molecule has 0 aliphatic rings. The standard InChI is InChI=1S/C6H11NO4/c1-11-7-5(4-8)2-3-6(9)10/h4-5,7H,2-3H2,1H3,(H,9,10)/t5-/m0/s1. The fourth-order valence-electron chi connectivity index (χ4n) is 0.585. The minimum Gasteiger partial charge on any atom is -0.481 e. The highest BCUT2D eigenvalue weighted by atomic mass is 16.6. The highest BCUT2D eigenvalue weighted by Gasteiger charge is 2.07. The molecule has 5 nitrogen and oxygen atoms in total. The van der Waals surface area contributed by atoms with E-state index in [0.717, 1.165) is 0 Å². The first-order chi connectivity index (χ1) is 5.20. The Bertz CT molecular complexity index is 137. The normalized spacial score (nSPS) is 12.5. The van der Waals surface area contributed by atoms with E-state index in [0.29, 0.717) is 6.29 Å². The summed E-state index contributed by atoms with van der Waals surface area (Å²) in [5, 5.41) is 8.24. The van der Waals surface area contributed by atoms with Crippen molar-refractivity contribution in [2.45, 2.75) is 18.9 Å². The Morgan fingerprint density at radius 3 is 2.82 bits per heavy atom. The molecule has 0 spiro atoms. The van der Waals surface area contributed by atoms with Crippen LogP contribution in [0.4, 0.5) is 0 Å². The van der Waals surface area contributed by atoms with E-state index in [2.05, 4.69) is 10.3 Å². The molecule has 64 valence electrons. The molecule has 0 rings (SSSR count). The highest BCUT2D eigenvalue weighted by Crippen LogP contribution is 1.93. The third-order valence-corrected chi connectivity index (χ3v) is 1.10. The van der Waals surface area contributed by atoms with Crippen molar-refractivity contribution in [1.29, 1.82) is 0 Å². The quantitative estimate of drug-likeness (QED) is 0.408. The number of hydrogen-bond acceptors (Lipinski definition) is 4. The van der Waals surface area contributed by atoms with Crippen LogP contribution in [0.25, 0.3) is 0 Å². The van der Waals surface area contributed by atoms with Crippen LogP contribution in [0.5, 0.6) is 0 Å². The smallest absolute Gasteiger partial charge is 0.303 e. The number of hydroxylamine groups is 1. The van der Waals surface area contributed by atoms with Gasteiger partial charge >= 0.3 is 5.97 Å². The Kier molecular flexibility index (Phi) is 5.32. The number of aldehydes is 1. The van der Waals surface area contributed by atoms with Gasteiger partial charge in [-0.3, -0.25) is 4.79 Å². The van der Waals surface area contributed by atoms with Crippen LogP contribution >= 0.6 is 0 Å². The van der Waals surface area contributed by atoms with E-state index in [4.69, 9.17) is 5.11 Å². The van der Waals surface area contributed by atoms with Gasteiger partial charge < -0.3 is 14.7 Å². The van der Waals surface area contributed by atoms with E-state index in [1.165, 1.54) is 7.11 Å². The number of aliphatic carboxylic acids is 1. The summed E-state index contributed by atoms with van der Waals surface area (Å²) in [6.45, 7) is 0. The van der Waals surface area contributed by atoms with Crippen LogP contribution in [-0.4, -0.2) is 30.5 Å². The van der Waals surface area contributed by atoms with Gasteiger partial charge in [-0.25, -0.2) is 0 Å². The molecular weight excluding hydrogens is 150 g/mol. The summed E-state index contributed by atoms with van der Waals surface area (Å²) in [4.78, 5) is 24.7. The van der Waals surface area contributed by atoms with Crippen molar-refractivity contribution in [3.63, 3.8) is 0 Å². The fraction of sp³-hybridized carbons (Fsp3) is 0.667. The van der Waals surface area contributed by atoms with Gasteiger partial charge in [0, 0.05) is 6.42 Å². The molecule has 11 heavy (non-hydrogen) atoms. The van der Waals surface area contributed by atoms with Crippen molar-refractivity contribution >= 4 is 12.3 Å². The molecule has 0 aliphatic carbocycles. The molecule has 0 aromatic carbocycles. The SMILES string of the molecule is CON[C@H](C=O)CCC(=O)O. The van der Waals surface area contributed by atoms with Crippen molar-refractivity contribution in [2.75, 3.05) is 7.11 Å². The van der Waals surface area contributed by atoms with Gasteiger partial charge in [-0.05, 0) is 6.42 Å². The molecule has 0 aromatic rings. The molecule has 1 atom stereocenters. The number of carboxylic acid groups (broad SMARTS) is 1. The van der Waals surface area contributed by atoms with E-state index in [1.54, 1.807) is 0 Å². The summed E-state index contributed by atoms with van der Waals surface area (Å²) in [5.41, 5.74) is 2.36. The highest BCUT2D eigenvalue weighted by molar-refractivity contribution is 5.68. The van der Waals surface area contributed by atoms with Gasteiger partial charge in [0.2, 0.25) is 0 Å². The summed E-state index contributed by atoms with van der Waals surface area (Å²) in [5.74, 6) is -0.922. The average Bonchev–Trinajstić information content (AvgIpc) is 1.97. The van der Waals surface area contributed by atoms with Gasteiger partial charge in [0.1, 0.15) is 6.29 Å². The van der Waals surface area contributed by atoms with E-state index in [1.807, 2.05) is 0 Å². The van der Waals surface area contributed by atoms with Crippen LogP contribution in [-0.2, 0) is 14.4 Å². The topological polar surface area (TPSA) is 75.6 Å². The first-order valence-electron chi connectivity index (χ1n) is 3.16. The molecule has 0 bridgehead atoms. The summed E-state index contributed by atoms with van der Waals surface area (Å²) < 4.78 is 0. The third-order valence-electron chi connectivity index (χ3n) is 1.10.